The maximum atomic E-state index is 8.59. The van der Waals surface area contributed by atoms with E-state index in [0.717, 1.165) is 17.6 Å². The van der Waals surface area contributed by atoms with Gasteiger partial charge < -0.3 is 5.11 Å². The molecule has 1 heteroatoms. The molecule has 0 aliphatic rings. The van der Waals surface area contributed by atoms with E-state index < -0.39 is 0 Å². The highest BCUT2D eigenvalue weighted by Gasteiger charge is 1.79. The van der Waals surface area contributed by atoms with Gasteiger partial charge in [0.2, 0.25) is 0 Å². The molecule has 0 atom stereocenters. The summed E-state index contributed by atoms with van der Waals surface area (Å²) in [5, 5.41) is 8.59. The van der Waals surface area contributed by atoms with Crippen LogP contribution in [0.1, 0.15) is 27.2 Å². The highest BCUT2D eigenvalue weighted by molar-refractivity contribution is 5.34. The number of hydrogen-bond donors (Lipinski definition) is 1. The van der Waals surface area contributed by atoms with Gasteiger partial charge in [0, 0.05) is 0 Å². The first kappa shape index (κ1) is 12.7. The van der Waals surface area contributed by atoms with Gasteiger partial charge in [-0.05, 0) is 43.6 Å². The van der Waals surface area contributed by atoms with Crippen molar-refractivity contribution < 1.29 is 5.11 Å². The molecular formula is C13H18O. The Balaban J connectivity index is 4.26. The van der Waals surface area contributed by atoms with Gasteiger partial charge in [-0.1, -0.05) is 30.9 Å². The fourth-order valence-corrected chi connectivity index (χ4v) is 0.804. The van der Waals surface area contributed by atoms with Gasteiger partial charge in [-0.2, -0.15) is 0 Å². The number of aliphatic hydroxyl groups excluding tert-OH is 1. The summed E-state index contributed by atoms with van der Waals surface area (Å²) in [4.78, 5) is 0. The third-order valence-corrected chi connectivity index (χ3v) is 1.58. The van der Waals surface area contributed by atoms with Crippen LogP contribution in [0.4, 0.5) is 0 Å². The third kappa shape index (κ3) is 7.39. The van der Waals surface area contributed by atoms with Crippen LogP contribution in [0.2, 0.25) is 0 Å². The molecule has 0 fully saturated rings. The number of allylic oxidation sites excluding steroid dienone is 5. The van der Waals surface area contributed by atoms with Crippen molar-refractivity contribution in [3.8, 4) is 11.8 Å². The monoisotopic (exact) mass is 190 g/mol. The van der Waals surface area contributed by atoms with Crippen molar-refractivity contribution in [2.75, 3.05) is 6.61 Å². The van der Waals surface area contributed by atoms with Crippen LogP contribution in [0.5, 0.6) is 0 Å². The van der Waals surface area contributed by atoms with E-state index in [4.69, 9.17) is 5.11 Å². The minimum atomic E-state index is 0.0545. The maximum Gasteiger partial charge on any atom is 0.0624 e. The SMILES string of the molecule is CCC=CC(C)=CC#CC(C)=CCO. The molecule has 0 saturated heterocycles. The van der Waals surface area contributed by atoms with Crippen LogP contribution in [0, 0.1) is 11.8 Å². The predicted molar refractivity (Wildman–Crippen MR) is 61.8 cm³/mol. The van der Waals surface area contributed by atoms with E-state index in [1.165, 1.54) is 0 Å². The first-order valence-electron chi connectivity index (χ1n) is 4.83. The molecule has 14 heavy (non-hydrogen) atoms. The Labute approximate surface area is 86.8 Å². The lowest BCUT2D eigenvalue weighted by Crippen LogP contribution is -1.75. The fourth-order valence-electron chi connectivity index (χ4n) is 0.804. The minimum absolute atomic E-state index is 0.0545. The van der Waals surface area contributed by atoms with E-state index in [0.29, 0.717) is 0 Å². The van der Waals surface area contributed by atoms with E-state index in [2.05, 4.69) is 30.9 Å². The molecule has 0 aromatic carbocycles. The summed E-state index contributed by atoms with van der Waals surface area (Å²) in [6.45, 7) is 6.06. The Bertz CT molecular complexity index is 295. The topological polar surface area (TPSA) is 20.2 Å². The summed E-state index contributed by atoms with van der Waals surface area (Å²) < 4.78 is 0. The Morgan fingerprint density at radius 3 is 2.64 bits per heavy atom. The zero-order valence-electron chi connectivity index (χ0n) is 9.17. The smallest absolute Gasteiger partial charge is 0.0624 e. The Hall–Kier alpha value is -1.26. The van der Waals surface area contributed by atoms with Crippen LogP contribution >= 0.6 is 0 Å². The summed E-state index contributed by atoms with van der Waals surface area (Å²) in [5.41, 5.74) is 2.05. The second-order valence-electron chi connectivity index (χ2n) is 3.04. The minimum Gasteiger partial charge on any atom is -0.392 e. The Morgan fingerprint density at radius 1 is 1.36 bits per heavy atom. The quantitative estimate of drug-likeness (QED) is 0.536. The molecule has 0 rings (SSSR count). The number of rotatable bonds is 3. The number of hydrogen-bond acceptors (Lipinski definition) is 1. The summed E-state index contributed by atoms with van der Waals surface area (Å²) in [7, 11) is 0. The van der Waals surface area contributed by atoms with Gasteiger partial charge in [0.05, 0.1) is 6.61 Å². The van der Waals surface area contributed by atoms with Gasteiger partial charge >= 0.3 is 0 Å². The predicted octanol–water partition coefficient (Wildman–Crippen LogP) is 2.84. The summed E-state index contributed by atoms with van der Waals surface area (Å²) in [6, 6.07) is 0. The van der Waals surface area contributed by atoms with Crippen LogP contribution in [0.25, 0.3) is 0 Å². The van der Waals surface area contributed by atoms with Crippen molar-refractivity contribution in [1.82, 2.24) is 0 Å². The lowest BCUT2D eigenvalue weighted by molar-refractivity contribution is 0.342. The highest BCUT2D eigenvalue weighted by atomic mass is 16.2. The fraction of sp³-hybridized carbons (Fsp3) is 0.385. The van der Waals surface area contributed by atoms with Crippen molar-refractivity contribution in [3.63, 3.8) is 0 Å². The van der Waals surface area contributed by atoms with Gasteiger partial charge in [0.1, 0.15) is 0 Å². The summed E-state index contributed by atoms with van der Waals surface area (Å²) in [6.07, 6.45) is 8.77. The van der Waals surface area contributed by atoms with E-state index in [9.17, 15) is 0 Å². The number of aliphatic hydroxyl groups is 1. The molecule has 0 aromatic heterocycles. The van der Waals surface area contributed by atoms with Gasteiger partial charge in [-0.3, -0.25) is 0 Å². The van der Waals surface area contributed by atoms with Crippen molar-refractivity contribution in [2.24, 2.45) is 0 Å². The Kier molecular flexibility index (Phi) is 7.59. The maximum absolute atomic E-state index is 8.59. The van der Waals surface area contributed by atoms with Gasteiger partial charge in [-0.15, -0.1) is 0 Å². The third-order valence-electron chi connectivity index (χ3n) is 1.58. The van der Waals surface area contributed by atoms with Crippen LogP contribution in [0.3, 0.4) is 0 Å². The van der Waals surface area contributed by atoms with Crippen molar-refractivity contribution in [3.05, 3.63) is 35.5 Å². The first-order valence-corrected chi connectivity index (χ1v) is 4.83. The van der Waals surface area contributed by atoms with Crippen molar-refractivity contribution >= 4 is 0 Å². The molecule has 0 bridgehead atoms. The van der Waals surface area contributed by atoms with E-state index in [-0.39, 0.29) is 6.61 Å². The van der Waals surface area contributed by atoms with Crippen LogP contribution in [-0.4, -0.2) is 11.7 Å². The molecule has 0 amide bonds. The molecule has 0 heterocycles. The average Bonchev–Trinajstić information content (AvgIpc) is 2.15. The molecule has 0 aliphatic carbocycles. The zero-order valence-corrected chi connectivity index (χ0v) is 9.17. The van der Waals surface area contributed by atoms with Crippen molar-refractivity contribution in [2.45, 2.75) is 27.2 Å². The molecule has 0 aliphatic heterocycles. The van der Waals surface area contributed by atoms with E-state index in [1.54, 1.807) is 6.08 Å². The van der Waals surface area contributed by atoms with Crippen LogP contribution in [0.15, 0.2) is 35.5 Å². The summed E-state index contributed by atoms with van der Waals surface area (Å²) in [5.74, 6) is 5.87. The molecule has 0 aromatic rings. The summed E-state index contributed by atoms with van der Waals surface area (Å²) >= 11 is 0. The largest absolute Gasteiger partial charge is 0.392 e. The van der Waals surface area contributed by atoms with Gasteiger partial charge in [0.25, 0.3) is 0 Å². The molecule has 0 radical (unpaired) electrons. The standard InChI is InChI=1S/C13H18O/c1-4-5-7-12(2)8-6-9-13(3)10-11-14/h5,7-8,10,14H,4,11H2,1-3H3. The first-order chi connectivity index (χ1) is 6.70. The van der Waals surface area contributed by atoms with Crippen molar-refractivity contribution in [1.29, 1.82) is 0 Å². The van der Waals surface area contributed by atoms with Gasteiger partial charge in [0.15, 0.2) is 0 Å². The molecule has 0 saturated carbocycles. The average molecular weight is 190 g/mol. The molecule has 1 N–H and O–H groups in total. The second-order valence-corrected chi connectivity index (χ2v) is 3.04. The second kappa shape index (κ2) is 8.34. The van der Waals surface area contributed by atoms with Gasteiger partial charge in [-0.25, -0.2) is 0 Å². The van der Waals surface area contributed by atoms with Crippen LogP contribution < -0.4 is 0 Å². The van der Waals surface area contributed by atoms with Crippen LogP contribution in [-0.2, 0) is 0 Å². The lowest BCUT2D eigenvalue weighted by Gasteiger charge is -1.86. The molecule has 1 nitrogen and oxygen atoms in total. The molecule has 0 spiro atoms. The Morgan fingerprint density at radius 2 is 2.07 bits per heavy atom. The molecule has 0 unspecified atom stereocenters. The molecule has 76 valence electrons. The molecular weight excluding hydrogens is 172 g/mol. The van der Waals surface area contributed by atoms with E-state index >= 15 is 0 Å². The van der Waals surface area contributed by atoms with E-state index in [1.807, 2.05) is 19.9 Å². The lowest BCUT2D eigenvalue weighted by atomic mass is 10.2. The normalized spacial score (nSPS) is 12.9. The zero-order chi connectivity index (χ0) is 10.8. The highest BCUT2D eigenvalue weighted by Crippen LogP contribution is 1.95.